The second kappa shape index (κ2) is 10.2. The van der Waals surface area contributed by atoms with Crippen LogP contribution in [0.1, 0.15) is 30.1 Å². The first kappa shape index (κ1) is 20.3. The van der Waals surface area contributed by atoms with Gasteiger partial charge in [0.2, 0.25) is 5.91 Å². The lowest BCUT2D eigenvalue weighted by atomic mass is 9.96. The number of likely N-dealkylation sites (tertiary alicyclic amines) is 1. The molecule has 0 aliphatic carbocycles. The van der Waals surface area contributed by atoms with E-state index >= 15 is 0 Å². The maximum Gasteiger partial charge on any atom is 0.253 e. The fraction of sp³-hybridized carbons (Fsp3) is 0.529. The number of carbonyl (C=O) groups excluding carboxylic acids is 2. The predicted octanol–water partition coefficient (Wildman–Crippen LogP) is 1.43. The first-order valence-electron chi connectivity index (χ1n) is 8.15. The highest BCUT2D eigenvalue weighted by molar-refractivity contribution is 5.94. The summed E-state index contributed by atoms with van der Waals surface area (Å²) in [7, 11) is 0. The van der Waals surface area contributed by atoms with E-state index in [2.05, 4.69) is 5.32 Å². The van der Waals surface area contributed by atoms with Gasteiger partial charge in [0, 0.05) is 31.7 Å². The molecule has 7 heteroatoms. The Kier molecular flexibility index (Phi) is 8.57. The van der Waals surface area contributed by atoms with Gasteiger partial charge in [0.15, 0.2) is 0 Å². The van der Waals surface area contributed by atoms with Crippen LogP contribution in [0.4, 0.5) is 0 Å². The van der Waals surface area contributed by atoms with Crippen molar-refractivity contribution < 1.29 is 14.3 Å². The van der Waals surface area contributed by atoms with Gasteiger partial charge in [-0.15, -0.1) is 12.4 Å². The van der Waals surface area contributed by atoms with Crippen LogP contribution in [0.3, 0.4) is 0 Å². The number of hydrogen-bond acceptors (Lipinski definition) is 4. The van der Waals surface area contributed by atoms with Crippen molar-refractivity contribution >= 4 is 24.2 Å². The predicted molar refractivity (Wildman–Crippen MR) is 95.6 cm³/mol. The highest BCUT2D eigenvalue weighted by Gasteiger charge is 2.28. The molecule has 24 heavy (non-hydrogen) atoms. The number of rotatable bonds is 6. The Hall–Kier alpha value is -1.79. The highest BCUT2D eigenvalue weighted by Crippen LogP contribution is 2.20. The first-order valence-corrected chi connectivity index (χ1v) is 8.15. The van der Waals surface area contributed by atoms with Crippen LogP contribution in [-0.2, 0) is 4.79 Å². The average Bonchev–Trinajstić information content (AvgIpc) is 2.60. The van der Waals surface area contributed by atoms with Gasteiger partial charge >= 0.3 is 0 Å². The van der Waals surface area contributed by atoms with Crippen LogP contribution < -0.4 is 15.8 Å². The second-order valence-electron chi connectivity index (χ2n) is 5.63. The number of piperidine rings is 1. The third-order valence-corrected chi connectivity index (χ3v) is 3.94. The number of nitrogens with zero attached hydrogens (tertiary/aromatic N) is 1. The van der Waals surface area contributed by atoms with E-state index in [1.807, 2.05) is 6.92 Å². The van der Waals surface area contributed by atoms with Crippen LogP contribution in [0.15, 0.2) is 24.3 Å². The molecule has 1 aromatic carbocycles. The number of carbonyl (C=O) groups is 2. The molecule has 6 nitrogen and oxygen atoms in total. The van der Waals surface area contributed by atoms with Crippen LogP contribution in [0.5, 0.6) is 5.75 Å². The molecule has 0 radical (unpaired) electrons. The summed E-state index contributed by atoms with van der Waals surface area (Å²) < 4.78 is 5.38. The van der Waals surface area contributed by atoms with E-state index in [0.29, 0.717) is 38.3 Å². The largest absolute Gasteiger partial charge is 0.494 e. The van der Waals surface area contributed by atoms with Gasteiger partial charge in [-0.2, -0.15) is 0 Å². The summed E-state index contributed by atoms with van der Waals surface area (Å²) >= 11 is 0. The van der Waals surface area contributed by atoms with Crippen LogP contribution in [0, 0.1) is 5.92 Å². The Bertz CT molecular complexity index is 536. The zero-order valence-electron chi connectivity index (χ0n) is 14.0. The van der Waals surface area contributed by atoms with E-state index < -0.39 is 0 Å². The topological polar surface area (TPSA) is 84.7 Å². The summed E-state index contributed by atoms with van der Waals surface area (Å²) in [5.41, 5.74) is 6.02. The van der Waals surface area contributed by atoms with E-state index in [9.17, 15) is 9.59 Å². The lowest BCUT2D eigenvalue weighted by Crippen LogP contribution is -2.46. The van der Waals surface area contributed by atoms with Gasteiger partial charge in [-0.3, -0.25) is 9.59 Å². The maximum absolute atomic E-state index is 12.6. The molecular weight excluding hydrogens is 330 g/mol. The molecule has 134 valence electrons. The molecule has 1 saturated heterocycles. The van der Waals surface area contributed by atoms with Gasteiger partial charge in [0.05, 0.1) is 12.5 Å². The Balaban J connectivity index is 0.00000288. The quantitative estimate of drug-likeness (QED) is 0.808. The molecule has 1 fully saturated rings. The highest BCUT2D eigenvalue weighted by atomic mass is 35.5. The number of nitrogens with one attached hydrogen (secondary N) is 1. The van der Waals surface area contributed by atoms with Crippen LogP contribution in [0.25, 0.3) is 0 Å². The lowest BCUT2D eigenvalue weighted by Gasteiger charge is -2.32. The SMILES string of the molecule is CCOc1ccc(C(=O)N2CCCC(C(=O)NCCN)C2)cc1.Cl. The van der Waals surface area contributed by atoms with E-state index in [4.69, 9.17) is 10.5 Å². The molecule has 2 rings (SSSR count). The van der Waals surface area contributed by atoms with Crippen LogP contribution in [0.2, 0.25) is 0 Å². The van der Waals surface area contributed by atoms with Gasteiger partial charge in [-0.05, 0) is 44.0 Å². The third-order valence-electron chi connectivity index (χ3n) is 3.94. The summed E-state index contributed by atoms with van der Waals surface area (Å²) in [4.78, 5) is 26.4. The van der Waals surface area contributed by atoms with Crippen LogP contribution >= 0.6 is 12.4 Å². The Labute approximate surface area is 149 Å². The molecule has 1 atom stereocenters. The monoisotopic (exact) mass is 355 g/mol. The van der Waals surface area contributed by atoms with E-state index in [1.165, 1.54) is 0 Å². The first-order chi connectivity index (χ1) is 11.2. The van der Waals surface area contributed by atoms with Crippen molar-refractivity contribution in [3.8, 4) is 5.75 Å². The summed E-state index contributed by atoms with van der Waals surface area (Å²) in [5, 5.41) is 2.80. The lowest BCUT2D eigenvalue weighted by molar-refractivity contribution is -0.126. The summed E-state index contributed by atoms with van der Waals surface area (Å²) in [6.45, 7) is 4.56. The molecule has 0 spiro atoms. The maximum atomic E-state index is 12.6. The van der Waals surface area contributed by atoms with E-state index in [-0.39, 0.29) is 30.1 Å². The van der Waals surface area contributed by atoms with Crippen molar-refractivity contribution in [2.45, 2.75) is 19.8 Å². The molecule has 2 amide bonds. The molecule has 1 unspecified atom stereocenters. The third kappa shape index (κ3) is 5.39. The fourth-order valence-electron chi connectivity index (χ4n) is 2.76. The number of nitrogens with two attached hydrogens (primary N) is 1. The zero-order chi connectivity index (χ0) is 16.7. The van der Waals surface area contributed by atoms with Gasteiger partial charge in [0.1, 0.15) is 5.75 Å². The number of benzene rings is 1. The summed E-state index contributed by atoms with van der Waals surface area (Å²) in [6.07, 6.45) is 1.65. The second-order valence-corrected chi connectivity index (χ2v) is 5.63. The number of amides is 2. The molecule has 1 heterocycles. The molecule has 1 aliphatic rings. The molecular formula is C17H26ClN3O3. The minimum Gasteiger partial charge on any atom is -0.494 e. The zero-order valence-corrected chi connectivity index (χ0v) is 14.8. The van der Waals surface area contributed by atoms with Crippen LogP contribution in [-0.4, -0.2) is 49.5 Å². The van der Waals surface area contributed by atoms with Crippen molar-refractivity contribution in [3.63, 3.8) is 0 Å². The molecule has 0 saturated carbocycles. The van der Waals surface area contributed by atoms with Crippen molar-refractivity contribution in [1.29, 1.82) is 0 Å². The van der Waals surface area contributed by atoms with Crippen molar-refractivity contribution in [3.05, 3.63) is 29.8 Å². The number of halogens is 1. The minimum atomic E-state index is -0.151. The number of ether oxygens (including phenoxy) is 1. The summed E-state index contributed by atoms with van der Waals surface area (Å²) in [6, 6.07) is 7.13. The van der Waals surface area contributed by atoms with Gasteiger partial charge in [-0.25, -0.2) is 0 Å². The molecule has 1 aromatic rings. The molecule has 3 N–H and O–H groups in total. The standard InChI is InChI=1S/C17H25N3O3.ClH/c1-2-23-15-7-5-13(6-8-15)17(22)20-11-3-4-14(12-20)16(21)19-10-9-18;/h5-8,14H,2-4,9-12,18H2,1H3,(H,19,21);1H. The van der Waals surface area contributed by atoms with Crippen molar-refractivity contribution in [2.75, 3.05) is 32.8 Å². The average molecular weight is 356 g/mol. The van der Waals surface area contributed by atoms with Gasteiger partial charge < -0.3 is 20.7 Å². The normalized spacial score (nSPS) is 16.9. The van der Waals surface area contributed by atoms with Crippen molar-refractivity contribution in [2.24, 2.45) is 11.7 Å². The Morgan fingerprint density at radius 1 is 1.33 bits per heavy atom. The van der Waals surface area contributed by atoms with E-state index in [0.717, 1.165) is 18.6 Å². The smallest absolute Gasteiger partial charge is 0.253 e. The molecule has 0 aromatic heterocycles. The fourth-order valence-corrected chi connectivity index (χ4v) is 2.76. The van der Waals surface area contributed by atoms with Gasteiger partial charge in [-0.1, -0.05) is 0 Å². The summed E-state index contributed by atoms with van der Waals surface area (Å²) in [5.74, 6) is 0.549. The van der Waals surface area contributed by atoms with Crippen molar-refractivity contribution in [1.82, 2.24) is 10.2 Å². The number of hydrogen-bond donors (Lipinski definition) is 2. The van der Waals surface area contributed by atoms with Gasteiger partial charge in [0.25, 0.3) is 5.91 Å². The molecule has 1 aliphatic heterocycles. The van der Waals surface area contributed by atoms with E-state index in [1.54, 1.807) is 29.2 Å². The Morgan fingerprint density at radius 2 is 2.04 bits per heavy atom. The molecule has 0 bridgehead atoms. The Morgan fingerprint density at radius 3 is 2.67 bits per heavy atom. The minimum absolute atomic E-state index is 0.